The van der Waals surface area contributed by atoms with Gasteiger partial charge in [-0.1, -0.05) is 41.1 Å². The highest BCUT2D eigenvalue weighted by Crippen LogP contribution is 2.30. The highest BCUT2D eigenvalue weighted by Gasteiger charge is 2.18. The van der Waals surface area contributed by atoms with Crippen molar-refractivity contribution >= 4 is 45.1 Å². The Morgan fingerprint density at radius 1 is 1.22 bits per heavy atom. The maximum atomic E-state index is 12.6. The lowest BCUT2D eigenvalue weighted by Crippen LogP contribution is -1.99. The molecule has 0 fully saturated rings. The molecule has 0 atom stereocenters. The van der Waals surface area contributed by atoms with Crippen molar-refractivity contribution in [3.8, 4) is 5.75 Å². The summed E-state index contributed by atoms with van der Waals surface area (Å²) in [6.07, 6.45) is 3.12. The van der Waals surface area contributed by atoms with Crippen molar-refractivity contribution in [3.05, 3.63) is 68.4 Å². The van der Waals surface area contributed by atoms with Crippen LogP contribution in [-0.4, -0.2) is 12.9 Å². The molecule has 0 aliphatic rings. The zero-order chi connectivity index (χ0) is 16.4. The molecule has 0 radical (unpaired) electrons. The predicted molar refractivity (Wildman–Crippen MR) is 91.7 cm³/mol. The first kappa shape index (κ1) is 15.5. The highest BCUT2D eigenvalue weighted by molar-refractivity contribution is 7.16. The van der Waals surface area contributed by atoms with Crippen molar-refractivity contribution in [1.82, 2.24) is 0 Å². The number of allylic oxidation sites excluding steroid dienone is 1. The van der Waals surface area contributed by atoms with E-state index in [0.717, 1.165) is 16.9 Å². The van der Waals surface area contributed by atoms with Gasteiger partial charge in [-0.3, -0.25) is 4.79 Å². The molecule has 1 aromatic heterocycles. The van der Waals surface area contributed by atoms with E-state index in [9.17, 15) is 9.59 Å². The number of ether oxygens (including phenoxy) is 1. The van der Waals surface area contributed by atoms with Crippen LogP contribution >= 0.6 is 22.9 Å². The van der Waals surface area contributed by atoms with Gasteiger partial charge in [0.15, 0.2) is 11.4 Å². The van der Waals surface area contributed by atoms with Gasteiger partial charge in [-0.15, -0.1) is 0 Å². The third kappa shape index (κ3) is 3.21. The van der Waals surface area contributed by atoms with Gasteiger partial charge in [-0.05, 0) is 35.9 Å². The maximum Gasteiger partial charge on any atom is 0.396 e. The summed E-state index contributed by atoms with van der Waals surface area (Å²) in [5.74, 6) is 0.139. The van der Waals surface area contributed by atoms with Gasteiger partial charge in [0.05, 0.1) is 17.4 Å². The Balaban J connectivity index is 2.02. The Kier molecular flexibility index (Phi) is 4.32. The van der Waals surface area contributed by atoms with Crippen LogP contribution in [0.25, 0.3) is 16.4 Å². The van der Waals surface area contributed by atoms with Gasteiger partial charge in [-0.25, -0.2) is 4.79 Å². The predicted octanol–water partition coefficient (Wildman–Crippen LogP) is 4.41. The molecule has 6 heteroatoms. The summed E-state index contributed by atoms with van der Waals surface area (Å²) in [6.45, 7) is 0. The number of halogens is 1. The molecule has 2 aromatic carbocycles. The van der Waals surface area contributed by atoms with Crippen LogP contribution in [-0.2, 0) is 0 Å². The van der Waals surface area contributed by atoms with Gasteiger partial charge >= 0.3 is 4.94 Å². The molecule has 23 heavy (non-hydrogen) atoms. The Bertz CT molecular complexity index is 951. The van der Waals surface area contributed by atoms with Crippen LogP contribution in [0.15, 0.2) is 51.7 Å². The summed E-state index contributed by atoms with van der Waals surface area (Å²) in [5.41, 5.74) is 1.55. The van der Waals surface area contributed by atoms with Gasteiger partial charge in [0.1, 0.15) is 5.75 Å². The number of hydrogen-bond donors (Lipinski definition) is 0. The van der Waals surface area contributed by atoms with Crippen molar-refractivity contribution in [3.63, 3.8) is 0 Å². The molecule has 0 saturated carbocycles. The average molecular weight is 347 g/mol. The Morgan fingerprint density at radius 3 is 2.65 bits per heavy atom. The summed E-state index contributed by atoms with van der Waals surface area (Å²) >= 11 is 6.72. The summed E-state index contributed by atoms with van der Waals surface area (Å²) in [4.78, 5) is 23.5. The molecule has 0 spiro atoms. The summed E-state index contributed by atoms with van der Waals surface area (Å²) in [7, 11) is 1.48. The zero-order valence-electron chi connectivity index (χ0n) is 12.0. The molecule has 1 heterocycles. The number of fused-ring (bicyclic) bond motifs is 1. The van der Waals surface area contributed by atoms with Crippen molar-refractivity contribution in [1.29, 1.82) is 0 Å². The van der Waals surface area contributed by atoms with Crippen molar-refractivity contribution in [2.24, 2.45) is 0 Å². The fourth-order valence-corrected chi connectivity index (χ4v) is 3.09. The molecule has 3 aromatic rings. The minimum atomic E-state index is -0.455. The molecular formula is C17H11ClO4S. The average Bonchev–Trinajstić information content (AvgIpc) is 2.93. The fourth-order valence-electron chi connectivity index (χ4n) is 2.15. The van der Waals surface area contributed by atoms with Crippen LogP contribution in [0.2, 0.25) is 5.02 Å². The van der Waals surface area contributed by atoms with E-state index in [1.807, 2.05) is 0 Å². The van der Waals surface area contributed by atoms with Gasteiger partial charge in [0.25, 0.3) is 0 Å². The van der Waals surface area contributed by atoms with Crippen LogP contribution < -0.4 is 9.68 Å². The number of rotatable bonds is 4. The van der Waals surface area contributed by atoms with Crippen LogP contribution in [0.3, 0.4) is 0 Å². The molecule has 0 amide bonds. The summed E-state index contributed by atoms with van der Waals surface area (Å²) < 4.78 is 10.8. The zero-order valence-corrected chi connectivity index (χ0v) is 13.6. The molecule has 0 aliphatic carbocycles. The van der Waals surface area contributed by atoms with Crippen molar-refractivity contribution in [2.75, 3.05) is 7.11 Å². The third-order valence-corrected chi connectivity index (χ3v) is 4.34. The van der Waals surface area contributed by atoms with Crippen LogP contribution in [0, 0.1) is 0 Å². The molecule has 0 unspecified atom stereocenters. The minimum Gasteiger partial charge on any atom is -0.496 e. The van der Waals surface area contributed by atoms with Crippen molar-refractivity contribution in [2.45, 2.75) is 0 Å². The Labute approximate surface area is 140 Å². The third-order valence-electron chi connectivity index (χ3n) is 3.23. The molecule has 0 aliphatic heterocycles. The second-order valence-electron chi connectivity index (χ2n) is 4.67. The number of carbonyl (C=O) groups excluding carboxylic acids is 1. The maximum absolute atomic E-state index is 12.6. The van der Waals surface area contributed by atoms with Crippen molar-refractivity contribution < 1.29 is 13.9 Å². The largest absolute Gasteiger partial charge is 0.496 e. The molecule has 0 bridgehead atoms. The lowest BCUT2D eigenvalue weighted by Gasteiger charge is -2.05. The second-order valence-corrected chi connectivity index (χ2v) is 6.06. The summed E-state index contributed by atoms with van der Waals surface area (Å²) in [5, 5.41) is 0.628. The fraction of sp³-hybridized carbons (Fsp3) is 0.0588. The van der Waals surface area contributed by atoms with E-state index in [1.54, 1.807) is 42.5 Å². The van der Waals surface area contributed by atoms with Crippen LogP contribution in [0.1, 0.15) is 15.9 Å². The monoisotopic (exact) mass is 346 g/mol. The van der Waals surface area contributed by atoms with E-state index in [2.05, 4.69) is 0 Å². The lowest BCUT2D eigenvalue weighted by atomic mass is 10.1. The van der Waals surface area contributed by atoms with E-state index < -0.39 is 4.94 Å². The van der Waals surface area contributed by atoms with E-state index in [-0.39, 0.29) is 5.78 Å². The summed E-state index contributed by atoms with van der Waals surface area (Å²) in [6, 6.07) is 10.3. The molecule has 0 N–H and O–H groups in total. The Hall–Kier alpha value is -2.37. The number of ketones is 1. The first-order valence-electron chi connectivity index (χ1n) is 6.67. The normalized spacial score (nSPS) is 11.2. The molecule has 0 saturated heterocycles. The Morgan fingerprint density at radius 2 is 1.96 bits per heavy atom. The second kappa shape index (κ2) is 6.40. The standard InChI is InChI=1S/C17H11ClO4S/c1-21-13-8-9-14-16(23-17(20)22-14)15(13)12(19)7-4-10-2-5-11(18)6-3-10/h2-9H,1H3/b7-4+. The van der Waals surface area contributed by atoms with Gasteiger partial charge < -0.3 is 9.15 Å². The van der Waals surface area contributed by atoms with Crippen LogP contribution in [0.4, 0.5) is 0 Å². The van der Waals surface area contributed by atoms with E-state index in [4.69, 9.17) is 20.8 Å². The topological polar surface area (TPSA) is 56.5 Å². The SMILES string of the molecule is COc1ccc2oc(=O)sc2c1C(=O)/C=C/c1ccc(Cl)cc1. The minimum absolute atomic E-state index is 0.264. The lowest BCUT2D eigenvalue weighted by molar-refractivity contribution is 0.104. The molecule has 4 nitrogen and oxygen atoms in total. The number of hydrogen-bond acceptors (Lipinski definition) is 5. The quantitative estimate of drug-likeness (QED) is 0.518. The highest BCUT2D eigenvalue weighted by atomic mass is 35.5. The smallest absolute Gasteiger partial charge is 0.396 e. The van der Waals surface area contributed by atoms with E-state index in [0.29, 0.717) is 26.6 Å². The van der Waals surface area contributed by atoms with Gasteiger partial charge in [0, 0.05) is 5.02 Å². The number of benzene rings is 2. The van der Waals surface area contributed by atoms with E-state index >= 15 is 0 Å². The van der Waals surface area contributed by atoms with E-state index in [1.165, 1.54) is 13.2 Å². The first-order valence-corrected chi connectivity index (χ1v) is 7.86. The molecular weight excluding hydrogens is 336 g/mol. The number of carbonyl (C=O) groups is 1. The van der Waals surface area contributed by atoms with Gasteiger partial charge in [0.2, 0.25) is 0 Å². The van der Waals surface area contributed by atoms with Crippen LogP contribution in [0.5, 0.6) is 5.75 Å². The molecule has 3 rings (SSSR count). The number of methoxy groups -OCH3 is 1. The first-order chi connectivity index (χ1) is 11.1. The van der Waals surface area contributed by atoms with Gasteiger partial charge in [-0.2, -0.15) is 0 Å². The molecule has 116 valence electrons.